The molecule has 0 saturated heterocycles. The van der Waals surface area contributed by atoms with Crippen LogP contribution < -0.4 is 5.32 Å². The van der Waals surface area contributed by atoms with Crippen LogP contribution in [0.3, 0.4) is 0 Å². The Morgan fingerprint density at radius 3 is 2.26 bits per heavy atom. The summed E-state index contributed by atoms with van der Waals surface area (Å²) in [7, 11) is 0. The standard InChI is InChI=1S/C29H27ClN2O3/c30-22-13-11-21(12-14-22)27(28(35)31-23-9-5-2-6-10-23)32-26(34)19-25(20-7-3-1-4-8-20)29(32)17-15-24(33)16-18-29/h1,3-4,7-8,11-19,23,27H,2,5-6,9-10H2,(H,31,35). The highest BCUT2D eigenvalue weighted by Gasteiger charge is 2.51. The molecule has 0 bridgehead atoms. The van der Waals surface area contributed by atoms with Crippen LogP contribution in [-0.4, -0.2) is 34.1 Å². The maximum absolute atomic E-state index is 13.9. The molecule has 1 spiro atoms. The van der Waals surface area contributed by atoms with Crippen LogP contribution in [-0.2, 0) is 14.4 Å². The molecule has 35 heavy (non-hydrogen) atoms. The van der Waals surface area contributed by atoms with Gasteiger partial charge in [0.15, 0.2) is 5.78 Å². The van der Waals surface area contributed by atoms with E-state index in [2.05, 4.69) is 5.32 Å². The highest BCUT2D eigenvalue weighted by molar-refractivity contribution is 6.30. The van der Waals surface area contributed by atoms with E-state index in [1.54, 1.807) is 47.4 Å². The van der Waals surface area contributed by atoms with E-state index < -0.39 is 11.6 Å². The molecule has 2 aromatic carbocycles. The lowest BCUT2D eigenvalue weighted by Gasteiger charge is -2.42. The largest absolute Gasteiger partial charge is 0.351 e. The summed E-state index contributed by atoms with van der Waals surface area (Å²) in [6.07, 6.45) is 13.2. The van der Waals surface area contributed by atoms with Crippen molar-refractivity contribution in [1.29, 1.82) is 0 Å². The van der Waals surface area contributed by atoms with Crippen LogP contribution in [0.4, 0.5) is 0 Å². The second-order valence-electron chi connectivity index (χ2n) is 9.32. The average Bonchev–Trinajstić information content (AvgIpc) is 3.15. The van der Waals surface area contributed by atoms with Crippen molar-refractivity contribution in [3.63, 3.8) is 0 Å². The highest BCUT2D eigenvalue weighted by Crippen LogP contribution is 2.46. The van der Waals surface area contributed by atoms with E-state index in [9.17, 15) is 14.4 Å². The van der Waals surface area contributed by atoms with Crippen LogP contribution in [0.15, 0.2) is 85.0 Å². The molecule has 1 aliphatic heterocycles. The maximum Gasteiger partial charge on any atom is 0.249 e. The van der Waals surface area contributed by atoms with Crippen molar-refractivity contribution in [2.75, 3.05) is 0 Å². The van der Waals surface area contributed by atoms with Crippen LogP contribution in [0.5, 0.6) is 0 Å². The van der Waals surface area contributed by atoms with Crippen LogP contribution >= 0.6 is 11.6 Å². The van der Waals surface area contributed by atoms with Crippen molar-refractivity contribution < 1.29 is 14.4 Å². The highest BCUT2D eigenvalue weighted by atomic mass is 35.5. The Kier molecular flexibility index (Phi) is 6.44. The molecule has 5 nitrogen and oxygen atoms in total. The fraction of sp³-hybridized carbons (Fsp3) is 0.276. The number of allylic oxidation sites excluding steroid dienone is 2. The fourth-order valence-corrected chi connectivity index (χ4v) is 5.48. The van der Waals surface area contributed by atoms with Crippen molar-refractivity contribution in [1.82, 2.24) is 10.2 Å². The van der Waals surface area contributed by atoms with E-state index in [1.807, 2.05) is 30.3 Å². The molecule has 1 saturated carbocycles. The number of rotatable bonds is 5. The minimum atomic E-state index is -1.07. The summed E-state index contributed by atoms with van der Waals surface area (Å²) in [4.78, 5) is 41.3. The second kappa shape index (κ2) is 9.67. The molecular formula is C29H27ClN2O3. The lowest BCUT2D eigenvalue weighted by molar-refractivity contribution is -0.139. The van der Waals surface area contributed by atoms with Crippen molar-refractivity contribution in [2.24, 2.45) is 0 Å². The van der Waals surface area contributed by atoms with Gasteiger partial charge in [0, 0.05) is 17.1 Å². The van der Waals surface area contributed by atoms with Crippen molar-refractivity contribution in [3.05, 3.63) is 101 Å². The maximum atomic E-state index is 13.9. The molecule has 1 unspecified atom stereocenters. The van der Waals surface area contributed by atoms with Crippen molar-refractivity contribution >= 4 is 34.8 Å². The number of nitrogens with zero attached hydrogens (tertiary/aromatic N) is 1. The zero-order valence-electron chi connectivity index (χ0n) is 19.3. The van der Waals surface area contributed by atoms with Crippen molar-refractivity contribution in [3.8, 4) is 0 Å². The van der Waals surface area contributed by atoms with Gasteiger partial charge in [0.05, 0.1) is 0 Å². The first-order valence-electron chi connectivity index (χ1n) is 12.1. The third-order valence-electron chi connectivity index (χ3n) is 7.07. The van der Waals surface area contributed by atoms with Gasteiger partial charge in [-0.15, -0.1) is 0 Å². The summed E-state index contributed by atoms with van der Waals surface area (Å²) >= 11 is 6.15. The van der Waals surface area contributed by atoms with E-state index in [-0.39, 0.29) is 23.6 Å². The summed E-state index contributed by atoms with van der Waals surface area (Å²) < 4.78 is 0. The van der Waals surface area contributed by atoms with E-state index in [4.69, 9.17) is 11.6 Å². The zero-order chi connectivity index (χ0) is 24.4. The third-order valence-corrected chi connectivity index (χ3v) is 7.32. The summed E-state index contributed by atoms with van der Waals surface area (Å²) in [5.41, 5.74) is 1.18. The van der Waals surface area contributed by atoms with Gasteiger partial charge in [0.1, 0.15) is 11.6 Å². The number of ketones is 1. The molecule has 6 heteroatoms. The van der Waals surface area contributed by atoms with E-state index in [0.717, 1.165) is 36.8 Å². The molecule has 1 heterocycles. The number of hydrogen-bond donors (Lipinski definition) is 1. The summed E-state index contributed by atoms with van der Waals surface area (Å²) in [5, 5.41) is 3.76. The quantitative estimate of drug-likeness (QED) is 0.632. The summed E-state index contributed by atoms with van der Waals surface area (Å²) in [5.74, 6) is -0.670. The normalized spacial score (nSPS) is 20.3. The molecule has 2 amide bonds. The summed E-state index contributed by atoms with van der Waals surface area (Å²) in [6, 6.07) is 15.8. The number of carbonyl (C=O) groups is 3. The van der Waals surface area contributed by atoms with Crippen LogP contribution in [0.2, 0.25) is 5.02 Å². The number of nitrogens with one attached hydrogen (secondary N) is 1. The number of halogens is 1. The Bertz CT molecular complexity index is 1210. The molecule has 3 aliphatic rings. The number of amides is 2. The van der Waals surface area contributed by atoms with Gasteiger partial charge in [0.25, 0.3) is 0 Å². The molecule has 5 rings (SSSR count). The lowest BCUT2D eigenvalue weighted by atomic mass is 9.81. The van der Waals surface area contributed by atoms with Gasteiger partial charge in [-0.05, 0) is 66.0 Å². The number of benzene rings is 2. The van der Waals surface area contributed by atoms with E-state index in [1.165, 1.54) is 18.6 Å². The zero-order valence-corrected chi connectivity index (χ0v) is 20.1. The first-order valence-corrected chi connectivity index (χ1v) is 12.4. The Morgan fingerprint density at radius 1 is 0.943 bits per heavy atom. The topological polar surface area (TPSA) is 66.5 Å². The molecule has 2 aliphatic carbocycles. The first kappa shape index (κ1) is 23.3. The van der Waals surface area contributed by atoms with Gasteiger partial charge >= 0.3 is 0 Å². The van der Waals surface area contributed by atoms with E-state index >= 15 is 0 Å². The minimum Gasteiger partial charge on any atom is -0.351 e. The monoisotopic (exact) mass is 486 g/mol. The fourth-order valence-electron chi connectivity index (χ4n) is 5.35. The second-order valence-corrected chi connectivity index (χ2v) is 9.76. The van der Waals surface area contributed by atoms with E-state index in [0.29, 0.717) is 10.6 Å². The van der Waals surface area contributed by atoms with Gasteiger partial charge in [-0.2, -0.15) is 0 Å². The number of hydrogen-bond acceptors (Lipinski definition) is 3. The van der Waals surface area contributed by atoms with Crippen LogP contribution in [0, 0.1) is 0 Å². The average molecular weight is 487 g/mol. The van der Waals surface area contributed by atoms with Gasteiger partial charge in [-0.1, -0.05) is 73.3 Å². The van der Waals surface area contributed by atoms with Gasteiger partial charge in [-0.3, -0.25) is 14.4 Å². The Labute approximate surface area is 210 Å². The SMILES string of the molecule is O=C1C=CC2(C=C1)C(c1ccccc1)=CC(=O)N2C(C(=O)NC1CCCCC1)c1ccc(Cl)cc1. The predicted octanol–water partition coefficient (Wildman–Crippen LogP) is 5.19. The smallest absolute Gasteiger partial charge is 0.249 e. The predicted molar refractivity (Wildman–Crippen MR) is 136 cm³/mol. The van der Waals surface area contributed by atoms with Crippen LogP contribution in [0.1, 0.15) is 49.3 Å². The van der Waals surface area contributed by atoms with Crippen LogP contribution in [0.25, 0.3) is 5.57 Å². The number of carbonyl (C=O) groups excluding carboxylic acids is 3. The molecule has 0 radical (unpaired) electrons. The Balaban J connectivity index is 1.61. The first-order chi connectivity index (χ1) is 17.0. The summed E-state index contributed by atoms with van der Waals surface area (Å²) in [6.45, 7) is 0. The van der Waals surface area contributed by atoms with Crippen molar-refractivity contribution in [2.45, 2.75) is 49.7 Å². The molecule has 2 aromatic rings. The van der Waals surface area contributed by atoms with Gasteiger partial charge in [0.2, 0.25) is 11.8 Å². The molecule has 1 fully saturated rings. The lowest BCUT2D eigenvalue weighted by Crippen LogP contribution is -2.53. The Hall–Kier alpha value is -3.44. The molecule has 1 N–H and O–H groups in total. The third kappa shape index (κ3) is 4.48. The molecular weight excluding hydrogens is 460 g/mol. The Morgan fingerprint density at radius 2 is 1.60 bits per heavy atom. The molecule has 178 valence electrons. The minimum absolute atomic E-state index is 0.0836. The molecule has 1 atom stereocenters. The van der Waals surface area contributed by atoms with Gasteiger partial charge < -0.3 is 10.2 Å². The molecule has 0 aromatic heterocycles. The van der Waals surface area contributed by atoms with Gasteiger partial charge in [-0.25, -0.2) is 0 Å².